The van der Waals surface area contributed by atoms with Crippen molar-refractivity contribution in [2.75, 3.05) is 31.2 Å². The fourth-order valence-electron chi connectivity index (χ4n) is 1.64. The molecule has 0 N–H and O–H groups in total. The van der Waals surface area contributed by atoms with Gasteiger partial charge < -0.3 is 9.64 Å². The lowest BCUT2D eigenvalue weighted by Crippen LogP contribution is -2.36. The number of Topliss-reactive ketones (excluding diaryl/α,β-unsaturated/α-hetero) is 1. The zero-order valence-corrected chi connectivity index (χ0v) is 8.82. The van der Waals surface area contributed by atoms with E-state index in [-0.39, 0.29) is 5.78 Å². The largest absolute Gasteiger partial charge is 0.378 e. The Bertz CT molecular complexity index is 339. The summed E-state index contributed by atoms with van der Waals surface area (Å²) < 4.78 is 5.27. The highest BCUT2D eigenvalue weighted by Crippen LogP contribution is 2.15. The molecule has 0 spiro atoms. The summed E-state index contributed by atoms with van der Waals surface area (Å²) in [6, 6.07) is 8.69. The lowest BCUT2D eigenvalue weighted by molar-refractivity contribution is 0.101. The van der Waals surface area contributed by atoms with Gasteiger partial charge in [-0.1, -0.05) is 0 Å². The number of carbonyl (C=O) groups excluding carboxylic acids is 1. The van der Waals surface area contributed by atoms with Crippen LogP contribution < -0.4 is 4.90 Å². The number of anilines is 1. The van der Waals surface area contributed by atoms with Crippen molar-refractivity contribution in [3.05, 3.63) is 29.8 Å². The first-order valence-corrected chi connectivity index (χ1v) is 5.13. The molecule has 0 aromatic heterocycles. The van der Waals surface area contributed by atoms with Gasteiger partial charge in [0.15, 0.2) is 5.78 Å². The van der Waals surface area contributed by atoms with E-state index in [9.17, 15) is 4.79 Å². The third-order valence-electron chi connectivity index (χ3n) is 2.55. The number of ketones is 1. The molecule has 1 fully saturated rings. The Hall–Kier alpha value is -1.35. The van der Waals surface area contributed by atoms with Crippen molar-refractivity contribution >= 4 is 11.5 Å². The van der Waals surface area contributed by atoms with Crippen LogP contribution in [0.4, 0.5) is 5.69 Å². The molecule has 15 heavy (non-hydrogen) atoms. The molecule has 1 aromatic rings. The number of carbonyl (C=O) groups is 1. The molecule has 3 nitrogen and oxygen atoms in total. The van der Waals surface area contributed by atoms with E-state index in [0.29, 0.717) is 5.56 Å². The maximum Gasteiger partial charge on any atom is 0.159 e. The van der Waals surface area contributed by atoms with Crippen molar-refractivity contribution < 1.29 is 9.53 Å². The summed E-state index contributed by atoms with van der Waals surface area (Å²) in [6.45, 7) is 4.90. The molecule has 1 aliphatic heterocycles. The van der Waals surface area contributed by atoms with Crippen LogP contribution in [0.2, 0.25) is 0 Å². The highest BCUT2D eigenvalue weighted by atomic mass is 16.5. The lowest BCUT2D eigenvalue weighted by atomic mass is 10.1. The van der Waals surface area contributed by atoms with E-state index >= 15 is 0 Å². The molecule has 1 aliphatic rings. The van der Waals surface area contributed by atoms with E-state index in [1.807, 2.05) is 12.1 Å². The molecule has 1 radical (unpaired) electrons. The van der Waals surface area contributed by atoms with Crippen LogP contribution in [0.3, 0.4) is 0 Å². The van der Waals surface area contributed by atoms with Crippen molar-refractivity contribution in [3.8, 4) is 0 Å². The van der Waals surface area contributed by atoms with Gasteiger partial charge >= 0.3 is 0 Å². The van der Waals surface area contributed by atoms with Crippen molar-refractivity contribution in [2.45, 2.75) is 6.92 Å². The van der Waals surface area contributed by atoms with Crippen LogP contribution in [0.25, 0.3) is 0 Å². The van der Waals surface area contributed by atoms with Gasteiger partial charge in [0.1, 0.15) is 0 Å². The molecule has 0 saturated carbocycles. The van der Waals surface area contributed by atoms with Crippen LogP contribution in [-0.4, -0.2) is 32.1 Å². The quantitative estimate of drug-likeness (QED) is 0.684. The summed E-state index contributed by atoms with van der Waals surface area (Å²) in [5.41, 5.74) is 1.76. The highest BCUT2D eigenvalue weighted by molar-refractivity contribution is 5.94. The topological polar surface area (TPSA) is 29.5 Å². The second kappa shape index (κ2) is 4.45. The first-order chi connectivity index (χ1) is 7.27. The number of benzene rings is 1. The molecule has 0 unspecified atom stereocenters. The maximum atomic E-state index is 11.1. The Balaban J connectivity index is 2.11. The van der Waals surface area contributed by atoms with E-state index in [1.54, 1.807) is 13.0 Å². The minimum Gasteiger partial charge on any atom is -0.378 e. The summed E-state index contributed by atoms with van der Waals surface area (Å²) in [7, 11) is 0. The first kappa shape index (κ1) is 10.2. The summed E-state index contributed by atoms with van der Waals surface area (Å²) in [5.74, 6) is 0.0831. The molecular formula is C12H14NO2. The molecule has 2 rings (SSSR count). The smallest absolute Gasteiger partial charge is 0.159 e. The van der Waals surface area contributed by atoms with Crippen molar-refractivity contribution in [1.29, 1.82) is 0 Å². The van der Waals surface area contributed by atoms with E-state index in [2.05, 4.69) is 11.0 Å². The average Bonchev–Trinajstić information content (AvgIpc) is 2.30. The van der Waals surface area contributed by atoms with Gasteiger partial charge in [0.2, 0.25) is 0 Å². The van der Waals surface area contributed by atoms with Crippen molar-refractivity contribution in [2.24, 2.45) is 0 Å². The third kappa shape index (κ3) is 2.36. The van der Waals surface area contributed by atoms with Crippen LogP contribution >= 0.6 is 0 Å². The molecule has 0 aliphatic carbocycles. The Morgan fingerprint density at radius 1 is 1.40 bits per heavy atom. The molecule has 1 saturated heterocycles. The van der Waals surface area contributed by atoms with E-state index in [1.165, 1.54) is 0 Å². The highest BCUT2D eigenvalue weighted by Gasteiger charge is 2.11. The average molecular weight is 204 g/mol. The van der Waals surface area contributed by atoms with Gasteiger partial charge in [-0.25, -0.2) is 0 Å². The lowest BCUT2D eigenvalue weighted by Gasteiger charge is -2.28. The zero-order chi connectivity index (χ0) is 10.7. The molecule has 1 heterocycles. The number of morpholine rings is 1. The Morgan fingerprint density at radius 3 is 2.67 bits per heavy atom. The van der Waals surface area contributed by atoms with Crippen LogP contribution in [0, 0.1) is 6.07 Å². The van der Waals surface area contributed by atoms with Gasteiger partial charge in [0.25, 0.3) is 0 Å². The normalized spacial score (nSPS) is 16.5. The summed E-state index contributed by atoms with van der Waals surface area (Å²) in [5, 5.41) is 0. The zero-order valence-electron chi connectivity index (χ0n) is 8.82. The van der Waals surface area contributed by atoms with E-state index in [0.717, 1.165) is 32.0 Å². The van der Waals surface area contributed by atoms with Gasteiger partial charge in [-0.2, -0.15) is 0 Å². The second-order valence-electron chi connectivity index (χ2n) is 3.62. The molecule has 0 bridgehead atoms. The van der Waals surface area contributed by atoms with Gasteiger partial charge in [-0.05, 0) is 25.1 Å². The number of hydrogen-bond acceptors (Lipinski definition) is 3. The Morgan fingerprint density at radius 2 is 2.13 bits per heavy atom. The molecule has 1 aromatic carbocycles. The van der Waals surface area contributed by atoms with E-state index < -0.39 is 0 Å². The van der Waals surface area contributed by atoms with Crippen molar-refractivity contribution in [1.82, 2.24) is 0 Å². The SMILES string of the molecule is CC(=O)c1c[c]c(N2CCOCC2)cc1. The van der Waals surface area contributed by atoms with Crippen LogP contribution in [-0.2, 0) is 4.74 Å². The molecule has 0 amide bonds. The summed E-state index contributed by atoms with van der Waals surface area (Å²) in [4.78, 5) is 13.3. The minimum atomic E-state index is 0.0831. The van der Waals surface area contributed by atoms with Crippen molar-refractivity contribution in [3.63, 3.8) is 0 Å². The number of rotatable bonds is 2. The maximum absolute atomic E-state index is 11.1. The fourth-order valence-corrected chi connectivity index (χ4v) is 1.64. The molecule has 0 atom stereocenters. The first-order valence-electron chi connectivity index (χ1n) is 5.13. The Labute approximate surface area is 89.7 Å². The van der Waals surface area contributed by atoms with Gasteiger partial charge in [0, 0.05) is 30.4 Å². The molecular weight excluding hydrogens is 190 g/mol. The predicted octanol–water partition coefficient (Wildman–Crippen LogP) is 1.53. The second-order valence-corrected chi connectivity index (χ2v) is 3.62. The van der Waals surface area contributed by atoms with Gasteiger partial charge in [0.05, 0.1) is 13.2 Å². The summed E-state index contributed by atoms with van der Waals surface area (Å²) in [6.07, 6.45) is 0. The number of nitrogens with zero attached hydrogens (tertiary/aromatic N) is 1. The predicted molar refractivity (Wildman–Crippen MR) is 58.3 cm³/mol. The fraction of sp³-hybridized carbons (Fsp3) is 0.417. The molecule has 3 heteroatoms. The minimum absolute atomic E-state index is 0.0831. The number of ether oxygens (including phenoxy) is 1. The standard InChI is InChI=1S/C12H14NO2/c1-10(14)11-2-4-12(5-3-11)13-6-8-15-9-7-13/h2-4H,6-9H2,1H3. The number of hydrogen-bond donors (Lipinski definition) is 0. The monoisotopic (exact) mass is 204 g/mol. The van der Waals surface area contributed by atoms with Crippen LogP contribution in [0.1, 0.15) is 17.3 Å². The summed E-state index contributed by atoms with van der Waals surface area (Å²) >= 11 is 0. The Kier molecular flexibility index (Phi) is 3.02. The molecule has 79 valence electrons. The van der Waals surface area contributed by atoms with Crippen LogP contribution in [0.5, 0.6) is 0 Å². The van der Waals surface area contributed by atoms with Gasteiger partial charge in [-0.15, -0.1) is 0 Å². The third-order valence-corrected chi connectivity index (χ3v) is 2.55. The van der Waals surface area contributed by atoms with Crippen LogP contribution in [0.15, 0.2) is 18.2 Å². The van der Waals surface area contributed by atoms with E-state index in [4.69, 9.17) is 4.74 Å². The van der Waals surface area contributed by atoms with Gasteiger partial charge in [-0.3, -0.25) is 4.79 Å².